The molecule has 8 heteroatoms. The lowest BCUT2D eigenvalue weighted by atomic mass is 10.2. The van der Waals surface area contributed by atoms with E-state index in [4.69, 9.17) is 5.11 Å². The molecule has 106 valence electrons. The second-order valence-electron chi connectivity index (χ2n) is 3.94. The van der Waals surface area contributed by atoms with Gasteiger partial charge in [-0.05, 0) is 6.42 Å². The molecule has 0 aliphatic rings. The zero-order valence-electron chi connectivity index (χ0n) is 10.5. The van der Waals surface area contributed by atoms with Gasteiger partial charge in [0.05, 0.1) is 6.42 Å². The first-order valence-corrected chi connectivity index (χ1v) is 5.37. The lowest BCUT2D eigenvalue weighted by Crippen LogP contribution is -2.48. The molecule has 0 radical (unpaired) electrons. The maximum Gasteiger partial charge on any atom is 0.390 e. The molecule has 0 bridgehead atoms. The maximum atomic E-state index is 12.0. The molecule has 1 atom stereocenters. The summed E-state index contributed by atoms with van der Waals surface area (Å²) in [5, 5.41) is 8.84. The number of hydrogen-bond donors (Lipinski definition) is 1. The van der Waals surface area contributed by atoms with Crippen molar-refractivity contribution in [3.05, 3.63) is 0 Å². The van der Waals surface area contributed by atoms with Gasteiger partial charge in [0.1, 0.15) is 6.04 Å². The van der Waals surface area contributed by atoms with E-state index in [2.05, 4.69) is 0 Å². The molecule has 0 fully saturated rings. The fourth-order valence-electron chi connectivity index (χ4n) is 1.41. The number of aliphatic carboxylic acids is 1. The Labute approximate surface area is 103 Å². The van der Waals surface area contributed by atoms with Crippen LogP contribution in [0.5, 0.6) is 0 Å². The molecule has 0 aromatic heterocycles. The van der Waals surface area contributed by atoms with Crippen molar-refractivity contribution in [2.75, 3.05) is 20.6 Å². The number of carbonyl (C=O) groups is 2. The molecule has 0 aromatic carbocycles. The molecule has 0 aliphatic carbocycles. The smallest absolute Gasteiger partial charge is 0.390 e. The van der Waals surface area contributed by atoms with E-state index in [-0.39, 0.29) is 6.42 Å². The van der Waals surface area contributed by atoms with Crippen molar-refractivity contribution >= 4 is 12.0 Å². The fraction of sp³-hybridized carbons (Fsp3) is 0.800. The normalized spacial score (nSPS) is 13.0. The molecule has 5 nitrogen and oxygen atoms in total. The summed E-state index contributed by atoms with van der Waals surface area (Å²) in [7, 11) is 2.47. The zero-order chi connectivity index (χ0) is 14.5. The second kappa shape index (κ2) is 6.46. The third kappa shape index (κ3) is 5.24. The van der Waals surface area contributed by atoms with Crippen LogP contribution in [0.4, 0.5) is 18.0 Å². The van der Waals surface area contributed by atoms with Gasteiger partial charge in [0.2, 0.25) is 0 Å². The third-order valence-electron chi connectivity index (χ3n) is 2.50. The summed E-state index contributed by atoms with van der Waals surface area (Å²) < 4.78 is 36.0. The van der Waals surface area contributed by atoms with Gasteiger partial charge in [-0.15, -0.1) is 0 Å². The van der Waals surface area contributed by atoms with Crippen LogP contribution in [0.15, 0.2) is 0 Å². The molecular formula is C10H17F3N2O3. The van der Waals surface area contributed by atoms with Crippen LogP contribution in [0.1, 0.15) is 19.8 Å². The van der Waals surface area contributed by atoms with E-state index in [1.165, 1.54) is 14.1 Å². The highest BCUT2D eigenvalue weighted by Crippen LogP contribution is 2.19. The molecule has 0 heterocycles. The largest absolute Gasteiger partial charge is 0.480 e. The highest BCUT2D eigenvalue weighted by atomic mass is 19.4. The summed E-state index contributed by atoms with van der Waals surface area (Å²) in [6.45, 7) is 1.08. The van der Waals surface area contributed by atoms with Crippen molar-refractivity contribution < 1.29 is 27.9 Å². The van der Waals surface area contributed by atoms with Gasteiger partial charge in [0.25, 0.3) is 0 Å². The van der Waals surface area contributed by atoms with Crippen LogP contribution < -0.4 is 0 Å². The molecule has 1 unspecified atom stereocenters. The van der Waals surface area contributed by atoms with Crippen LogP contribution >= 0.6 is 0 Å². The van der Waals surface area contributed by atoms with E-state index in [9.17, 15) is 22.8 Å². The Bertz CT molecular complexity index is 307. The Morgan fingerprint density at radius 1 is 1.28 bits per heavy atom. The molecule has 1 N–H and O–H groups in total. The number of carboxylic acid groups (broad SMARTS) is 1. The minimum atomic E-state index is -4.34. The number of amides is 2. The lowest BCUT2D eigenvalue weighted by Gasteiger charge is -2.29. The summed E-state index contributed by atoms with van der Waals surface area (Å²) in [6, 6.07) is -1.78. The van der Waals surface area contributed by atoms with Crippen molar-refractivity contribution in [3.63, 3.8) is 0 Å². The van der Waals surface area contributed by atoms with Gasteiger partial charge in [-0.25, -0.2) is 9.59 Å². The average Bonchev–Trinajstić information content (AvgIpc) is 2.24. The third-order valence-corrected chi connectivity index (χ3v) is 2.50. The van der Waals surface area contributed by atoms with Crippen molar-refractivity contribution in [1.82, 2.24) is 9.80 Å². The predicted molar refractivity (Wildman–Crippen MR) is 58.2 cm³/mol. The van der Waals surface area contributed by atoms with Crippen LogP contribution in [-0.2, 0) is 4.79 Å². The summed E-state index contributed by atoms with van der Waals surface area (Å²) in [5.41, 5.74) is 0. The number of hydrogen-bond acceptors (Lipinski definition) is 2. The summed E-state index contributed by atoms with van der Waals surface area (Å²) in [6.07, 6.45) is -5.28. The summed E-state index contributed by atoms with van der Waals surface area (Å²) in [4.78, 5) is 24.3. The zero-order valence-corrected chi connectivity index (χ0v) is 10.5. The maximum absolute atomic E-state index is 12.0. The Morgan fingerprint density at radius 3 is 2.11 bits per heavy atom. The monoisotopic (exact) mass is 270 g/mol. The molecular weight excluding hydrogens is 253 g/mol. The average molecular weight is 270 g/mol. The first kappa shape index (κ1) is 16.5. The first-order chi connectivity index (χ1) is 8.10. The molecule has 18 heavy (non-hydrogen) atoms. The van der Waals surface area contributed by atoms with Crippen molar-refractivity contribution in [1.29, 1.82) is 0 Å². The van der Waals surface area contributed by atoms with E-state index in [1.807, 2.05) is 0 Å². The number of carboxylic acids is 1. The van der Waals surface area contributed by atoms with Gasteiger partial charge < -0.3 is 14.9 Å². The van der Waals surface area contributed by atoms with Crippen molar-refractivity contribution in [2.24, 2.45) is 0 Å². The van der Waals surface area contributed by atoms with Gasteiger partial charge >= 0.3 is 18.2 Å². The van der Waals surface area contributed by atoms with E-state index in [0.29, 0.717) is 0 Å². The number of urea groups is 1. The molecule has 0 saturated heterocycles. The van der Waals surface area contributed by atoms with Crippen LogP contribution in [-0.4, -0.2) is 59.8 Å². The highest BCUT2D eigenvalue weighted by Gasteiger charge is 2.31. The van der Waals surface area contributed by atoms with Crippen LogP contribution in [0.25, 0.3) is 0 Å². The van der Waals surface area contributed by atoms with Crippen molar-refractivity contribution in [3.8, 4) is 0 Å². The van der Waals surface area contributed by atoms with Crippen LogP contribution in [0.3, 0.4) is 0 Å². The van der Waals surface area contributed by atoms with E-state index < -0.39 is 37.2 Å². The number of alkyl halides is 3. The number of nitrogens with zero attached hydrogens (tertiary/aromatic N) is 2. The molecule has 0 saturated carbocycles. The van der Waals surface area contributed by atoms with Crippen molar-refractivity contribution in [2.45, 2.75) is 32.0 Å². The number of halogens is 3. The molecule has 0 aliphatic heterocycles. The topological polar surface area (TPSA) is 60.9 Å². The highest BCUT2D eigenvalue weighted by molar-refractivity contribution is 5.82. The molecule has 0 rings (SSSR count). The minimum Gasteiger partial charge on any atom is -0.480 e. The first-order valence-electron chi connectivity index (χ1n) is 5.37. The molecule has 2 amide bonds. The van der Waals surface area contributed by atoms with Crippen LogP contribution in [0, 0.1) is 0 Å². The molecule has 0 spiro atoms. The number of carbonyl (C=O) groups excluding carboxylic acids is 1. The molecule has 0 aromatic rings. The van der Waals surface area contributed by atoms with Gasteiger partial charge in [0.15, 0.2) is 0 Å². The number of rotatable bonds is 5. The Morgan fingerprint density at radius 2 is 1.78 bits per heavy atom. The van der Waals surface area contributed by atoms with Crippen LogP contribution in [0.2, 0.25) is 0 Å². The summed E-state index contributed by atoms with van der Waals surface area (Å²) in [5.74, 6) is -1.18. The lowest BCUT2D eigenvalue weighted by molar-refractivity contribution is -0.143. The standard InChI is InChI=1S/C10H17F3N2O3/c1-4-7(8(16)17)15(3)9(18)14(2)6-5-10(11,12)13/h7H,4-6H2,1-3H3,(H,16,17). The Hall–Kier alpha value is -1.47. The van der Waals surface area contributed by atoms with Gasteiger partial charge in [-0.2, -0.15) is 13.2 Å². The Kier molecular flexibility index (Phi) is 5.93. The minimum absolute atomic E-state index is 0.185. The second-order valence-corrected chi connectivity index (χ2v) is 3.94. The van der Waals surface area contributed by atoms with E-state index in [1.54, 1.807) is 6.92 Å². The summed E-state index contributed by atoms with van der Waals surface area (Å²) >= 11 is 0. The predicted octanol–water partition coefficient (Wildman–Crippen LogP) is 1.79. The van der Waals surface area contributed by atoms with E-state index >= 15 is 0 Å². The van der Waals surface area contributed by atoms with Gasteiger partial charge in [0, 0.05) is 20.6 Å². The Balaban J connectivity index is 4.49. The van der Waals surface area contributed by atoms with Gasteiger partial charge in [-0.1, -0.05) is 6.92 Å². The SMILES string of the molecule is CCC(C(=O)O)N(C)C(=O)N(C)CCC(F)(F)F. The fourth-order valence-corrected chi connectivity index (χ4v) is 1.41. The quantitative estimate of drug-likeness (QED) is 0.828. The number of likely N-dealkylation sites (N-methyl/N-ethyl adjacent to an activating group) is 1. The van der Waals surface area contributed by atoms with E-state index in [0.717, 1.165) is 9.80 Å². The van der Waals surface area contributed by atoms with Gasteiger partial charge in [-0.3, -0.25) is 0 Å².